The summed E-state index contributed by atoms with van der Waals surface area (Å²) < 4.78 is 5.54. The number of carbonyl (C=O) groups is 1. The number of nitrogens with one attached hydrogen (secondary N) is 1. The van der Waals surface area contributed by atoms with E-state index in [-0.39, 0.29) is 18.6 Å². The summed E-state index contributed by atoms with van der Waals surface area (Å²) in [5, 5.41) is 11.5. The molecule has 4 heteroatoms. The zero-order valence-electron chi connectivity index (χ0n) is 12.9. The molecule has 0 saturated carbocycles. The van der Waals surface area contributed by atoms with Gasteiger partial charge in [0, 0.05) is 5.69 Å². The molecule has 21 heavy (non-hydrogen) atoms. The van der Waals surface area contributed by atoms with Gasteiger partial charge in [0.15, 0.2) is 0 Å². The largest absolute Gasteiger partial charge is 0.369 e. The minimum absolute atomic E-state index is 0.0644. The number of rotatable bonds is 9. The number of nitriles is 1. The van der Waals surface area contributed by atoms with Crippen LogP contribution in [0.4, 0.5) is 5.69 Å². The van der Waals surface area contributed by atoms with Crippen molar-refractivity contribution in [3.05, 3.63) is 29.8 Å². The first-order chi connectivity index (χ1) is 10.2. The van der Waals surface area contributed by atoms with Gasteiger partial charge >= 0.3 is 0 Å². The third kappa shape index (κ3) is 7.48. The first-order valence-corrected chi connectivity index (χ1v) is 7.57. The third-order valence-corrected chi connectivity index (χ3v) is 3.26. The zero-order valence-corrected chi connectivity index (χ0v) is 12.9. The summed E-state index contributed by atoms with van der Waals surface area (Å²) in [5.41, 5.74) is 1.25. The van der Waals surface area contributed by atoms with Gasteiger partial charge in [-0.2, -0.15) is 5.26 Å². The highest BCUT2D eigenvalue weighted by molar-refractivity contribution is 5.91. The lowest BCUT2D eigenvalue weighted by Crippen LogP contribution is -2.21. The van der Waals surface area contributed by atoms with Crippen LogP contribution in [0.3, 0.4) is 0 Å². The molecular formula is C17H24N2O2. The maximum atomic E-state index is 11.7. The van der Waals surface area contributed by atoms with Crippen LogP contribution in [0.5, 0.6) is 0 Å². The van der Waals surface area contributed by atoms with Crippen molar-refractivity contribution in [3.8, 4) is 6.07 Å². The Kier molecular flexibility index (Phi) is 8.15. The molecule has 0 heterocycles. The molecule has 0 spiro atoms. The number of hydrogen-bond acceptors (Lipinski definition) is 3. The molecule has 0 radical (unpaired) electrons. The Morgan fingerprint density at radius 1 is 1.29 bits per heavy atom. The lowest BCUT2D eigenvalue weighted by molar-refractivity contribution is -0.122. The Hall–Kier alpha value is -1.86. The third-order valence-electron chi connectivity index (χ3n) is 3.26. The lowest BCUT2D eigenvalue weighted by atomic mass is 10.1. The van der Waals surface area contributed by atoms with Gasteiger partial charge < -0.3 is 10.1 Å². The second-order valence-electron chi connectivity index (χ2n) is 5.21. The van der Waals surface area contributed by atoms with Gasteiger partial charge in [0.25, 0.3) is 0 Å². The molecule has 0 aliphatic heterocycles. The molecule has 4 nitrogen and oxygen atoms in total. The fourth-order valence-electron chi connectivity index (χ4n) is 1.99. The predicted molar refractivity (Wildman–Crippen MR) is 84.0 cm³/mol. The fourth-order valence-corrected chi connectivity index (χ4v) is 1.99. The van der Waals surface area contributed by atoms with E-state index in [0.29, 0.717) is 11.3 Å². The monoisotopic (exact) mass is 288 g/mol. The summed E-state index contributed by atoms with van der Waals surface area (Å²) in [6.07, 6.45) is 5.94. The van der Waals surface area contributed by atoms with Crippen molar-refractivity contribution in [2.24, 2.45) is 0 Å². The molecule has 1 amide bonds. The summed E-state index contributed by atoms with van der Waals surface area (Å²) in [7, 11) is 0. The lowest BCUT2D eigenvalue weighted by Gasteiger charge is -2.13. The highest BCUT2D eigenvalue weighted by atomic mass is 16.5. The number of unbranched alkanes of at least 4 members (excludes halogenated alkanes) is 3. The van der Waals surface area contributed by atoms with E-state index >= 15 is 0 Å². The number of amides is 1. The highest BCUT2D eigenvalue weighted by Gasteiger charge is 2.07. The maximum Gasteiger partial charge on any atom is 0.250 e. The Morgan fingerprint density at radius 2 is 2.00 bits per heavy atom. The Balaban J connectivity index is 2.22. The standard InChI is InChI=1S/C17H24N2O2/c1-3-4-5-6-7-14(2)21-13-17(20)19-16-10-8-15(12-18)9-11-16/h8-11,14H,3-7,13H2,1-2H3,(H,19,20). The smallest absolute Gasteiger partial charge is 0.250 e. The molecule has 0 fully saturated rings. The number of ether oxygens (including phenoxy) is 1. The minimum Gasteiger partial charge on any atom is -0.369 e. The SMILES string of the molecule is CCCCCCC(C)OCC(=O)Nc1ccc(C#N)cc1. The second-order valence-corrected chi connectivity index (χ2v) is 5.21. The summed E-state index contributed by atoms with van der Waals surface area (Å²) in [6, 6.07) is 8.81. The number of benzene rings is 1. The van der Waals surface area contributed by atoms with E-state index < -0.39 is 0 Å². The van der Waals surface area contributed by atoms with E-state index in [4.69, 9.17) is 10.00 Å². The normalized spacial score (nSPS) is 11.7. The van der Waals surface area contributed by atoms with Crippen LogP contribution in [-0.4, -0.2) is 18.6 Å². The van der Waals surface area contributed by atoms with Crippen LogP contribution in [0, 0.1) is 11.3 Å². The Labute approximate surface area is 127 Å². The molecule has 1 unspecified atom stereocenters. The van der Waals surface area contributed by atoms with Gasteiger partial charge in [-0.3, -0.25) is 4.79 Å². The van der Waals surface area contributed by atoms with Gasteiger partial charge in [-0.15, -0.1) is 0 Å². The van der Waals surface area contributed by atoms with Gasteiger partial charge in [0.2, 0.25) is 5.91 Å². The zero-order chi connectivity index (χ0) is 15.5. The van der Waals surface area contributed by atoms with Gasteiger partial charge in [0.05, 0.1) is 17.7 Å². The van der Waals surface area contributed by atoms with Gasteiger partial charge in [-0.25, -0.2) is 0 Å². The molecule has 114 valence electrons. The van der Waals surface area contributed by atoms with E-state index in [1.807, 2.05) is 13.0 Å². The average molecular weight is 288 g/mol. The molecule has 1 aromatic carbocycles. The molecular weight excluding hydrogens is 264 g/mol. The van der Waals surface area contributed by atoms with Crippen molar-refractivity contribution in [1.82, 2.24) is 0 Å². The van der Waals surface area contributed by atoms with Crippen LogP contribution < -0.4 is 5.32 Å². The summed E-state index contributed by atoms with van der Waals surface area (Å²) in [4.78, 5) is 11.7. The average Bonchev–Trinajstić information content (AvgIpc) is 2.50. The summed E-state index contributed by atoms with van der Waals surface area (Å²) in [5.74, 6) is -0.167. The number of hydrogen-bond donors (Lipinski definition) is 1. The first kappa shape index (κ1) is 17.2. The Morgan fingerprint density at radius 3 is 2.62 bits per heavy atom. The van der Waals surface area contributed by atoms with Crippen molar-refractivity contribution >= 4 is 11.6 Å². The van der Waals surface area contributed by atoms with E-state index in [2.05, 4.69) is 12.2 Å². The van der Waals surface area contributed by atoms with E-state index in [9.17, 15) is 4.79 Å². The number of nitrogens with zero attached hydrogens (tertiary/aromatic N) is 1. The highest BCUT2D eigenvalue weighted by Crippen LogP contribution is 2.10. The molecule has 0 bridgehead atoms. The molecule has 1 N–H and O–H groups in total. The van der Waals surface area contributed by atoms with Crippen LogP contribution in [-0.2, 0) is 9.53 Å². The van der Waals surface area contributed by atoms with Crippen molar-refractivity contribution in [2.75, 3.05) is 11.9 Å². The molecule has 1 rings (SSSR count). The van der Waals surface area contributed by atoms with Gasteiger partial charge in [-0.05, 0) is 37.6 Å². The van der Waals surface area contributed by atoms with Gasteiger partial charge in [0.1, 0.15) is 6.61 Å². The maximum absolute atomic E-state index is 11.7. The van der Waals surface area contributed by atoms with Crippen molar-refractivity contribution in [1.29, 1.82) is 5.26 Å². The molecule has 0 aliphatic rings. The van der Waals surface area contributed by atoms with E-state index in [0.717, 1.165) is 12.8 Å². The van der Waals surface area contributed by atoms with Crippen LogP contribution in [0.25, 0.3) is 0 Å². The summed E-state index contributed by atoms with van der Waals surface area (Å²) in [6.45, 7) is 4.25. The molecule has 0 aliphatic carbocycles. The van der Waals surface area contributed by atoms with Crippen LogP contribution in [0.15, 0.2) is 24.3 Å². The van der Waals surface area contributed by atoms with Crippen molar-refractivity contribution in [3.63, 3.8) is 0 Å². The number of anilines is 1. The van der Waals surface area contributed by atoms with Crippen LogP contribution in [0.1, 0.15) is 51.5 Å². The molecule has 1 aromatic rings. The minimum atomic E-state index is -0.167. The quantitative estimate of drug-likeness (QED) is 0.701. The fraction of sp³-hybridized carbons (Fsp3) is 0.529. The van der Waals surface area contributed by atoms with Crippen molar-refractivity contribution in [2.45, 2.75) is 52.1 Å². The second kappa shape index (κ2) is 9.95. The molecule has 0 saturated heterocycles. The molecule has 1 atom stereocenters. The topological polar surface area (TPSA) is 62.1 Å². The van der Waals surface area contributed by atoms with Crippen molar-refractivity contribution < 1.29 is 9.53 Å². The van der Waals surface area contributed by atoms with Crippen LogP contribution >= 0.6 is 0 Å². The van der Waals surface area contributed by atoms with Crippen LogP contribution in [0.2, 0.25) is 0 Å². The van der Waals surface area contributed by atoms with E-state index in [1.54, 1.807) is 24.3 Å². The Bertz CT molecular complexity index is 463. The number of carbonyl (C=O) groups excluding carboxylic acids is 1. The van der Waals surface area contributed by atoms with Gasteiger partial charge in [-0.1, -0.05) is 32.6 Å². The molecule has 0 aromatic heterocycles. The predicted octanol–water partition coefficient (Wildman–Crippen LogP) is 3.87. The first-order valence-electron chi connectivity index (χ1n) is 7.57. The summed E-state index contributed by atoms with van der Waals surface area (Å²) >= 11 is 0. The van der Waals surface area contributed by atoms with E-state index in [1.165, 1.54) is 19.3 Å².